The van der Waals surface area contributed by atoms with E-state index in [-0.39, 0.29) is 13.1 Å². The van der Waals surface area contributed by atoms with E-state index in [1.54, 1.807) is 6.07 Å². The van der Waals surface area contributed by atoms with Gasteiger partial charge in [-0.1, -0.05) is 0 Å². The number of nitrogens with one attached hydrogen (secondary N) is 2. The summed E-state index contributed by atoms with van der Waals surface area (Å²) in [4.78, 5) is 13.0. The Balaban J connectivity index is 1.64. The van der Waals surface area contributed by atoms with Gasteiger partial charge in [-0.3, -0.25) is 9.67 Å². The van der Waals surface area contributed by atoms with Crippen LogP contribution < -0.4 is 10.6 Å². The van der Waals surface area contributed by atoms with Crippen LogP contribution >= 0.6 is 0 Å². The highest BCUT2D eigenvalue weighted by atomic mass is 19.4. The van der Waals surface area contributed by atoms with E-state index in [0.717, 1.165) is 17.6 Å². The molecule has 0 radical (unpaired) electrons. The summed E-state index contributed by atoms with van der Waals surface area (Å²) in [5.74, 6) is 0.330. The van der Waals surface area contributed by atoms with Crippen LogP contribution in [0.25, 0.3) is 22.3 Å². The van der Waals surface area contributed by atoms with Crippen LogP contribution in [0.4, 0.5) is 23.4 Å². The van der Waals surface area contributed by atoms with Crippen molar-refractivity contribution in [3.05, 3.63) is 30.9 Å². The molecule has 1 atom stereocenters. The Morgan fingerprint density at radius 2 is 2.07 bits per heavy atom. The smallest absolute Gasteiger partial charge is 0.365 e. The Hall–Kier alpha value is -2.82. The summed E-state index contributed by atoms with van der Waals surface area (Å²) in [6.07, 6.45) is 2.38. The average Bonchev–Trinajstić information content (AvgIpc) is 3.13. The molecule has 0 aromatic carbocycles. The highest BCUT2D eigenvalue weighted by Crippen LogP contribution is 2.28. The Bertz CT molecular complexity index is 995. The molecule has 7 nitrogen and oxygen atoms in total. The molecule has 4 rings (SSSR count). The van der Waals surface area contributed by atoms with E-state index in [2.05, 4.69) is 30.7 Å². The number of nitrogens with zero attached hydrogens (tertiary/aromatic N) is 5. The molecule has 0 aliphatic carbocycles. The molecule has 1 aliphatic heterocycles. The van der Waals surface area contributed by atoms with Crippen LogP contribution in [0.3, 0.4) is 0 Å². The second kappa shape index (κ2) is 7.54. The standard InChI is InChI=1S/C18H19F4N7/c19-17(2-1-3-23-9-17)10-26-16-15-14(24-4-5-25-15)6-13(28-16)12-7-27-29(8-12)11-18(20,21)22/h4-8,23H,1-3,9-11H2,(H,26,28). The summed E-state index contributed by atoms with van der Waals surface area (Å²) in [7, 11) is 0. The predicted molar refractivity (Wildman–Crippen MR) is 99.0 cm³/mol. The van der Waals surface area contributed by atoms with E-state index in [9.17, 15) is 17.6 Å². The first-order valence-electron chi connectivity index (χ1n) is 9.16. The second-order valence-corrected chi connectivity index (χ2v) is 7.11. The van der Waals surface area contributed by atoms with Gasteiger partial charge < -0.3 is 10.6 Å². The molecule has 0 spiro atoms. The molecule has 0 bridgehead atoms. The van der Waals surface area contributed by atoms with Crippen molar-refractivity contribution < 1.29 is 17.6 Å². The summed E-state index contributed by atoms with van der Waals surface area (Å²) in [5.41, 5.74) is 0.328. The van der Waals surface area contributed by atoms with Crippen LogP contribution in [-0.4, -0.2) is 56.2 Å². The number of pyridine rings is 1. The van der Waals surface area contributed by atoms with Crippen LogP contribution in [0.15, 0.2) is 30.9 Å². The largest absolute Gasteiger partial charge is 0.408 e. The molecule has 1 aliphatic rings. The molecule has 1 unspecified atom stereocenters. The normalized spacial score (nSPS) is 20.1. The SMILES string of the molecule is FC(F)(F)Cn1cc(-c2cc3nccnc3c(NCC3(F)CCCNC3)n2)cn1. The Morgan fingerprint density at radius 3 is 2.83 bits per heavy atom. The molecule has 1 saturated heterocycles. The van der Waals surface area contributed by atoms with Gasteiger partial charge in [-0.25, -0.2) is 14.4 Å². The van der Waals surface area contributed by atoms with Crippen molar-refractivity contribution >= 4 is 16.9 Å². The Labute approximate surface area is 163 Å². The molecule has 11 heteroatoms. The molecular formula is C18H19F4N7. The van der Waals surface area contributed by atoms with Crippen LogP contribution in [0.1, 0.15) is 12.8 Å². The lowest BCUT2D eigenvalue weighted by Crippen LogP contribution is -2.46. The topological polar surface area (TPSA) is 80.5 Å². The first-order valence-corrected chi connectivity index (χ1v) is 9.16. The predicted octanol–water partition coefficient (Wildman–Crippen LogP) is 2.95. The number of anilines is 1. The number of hydrogen-bond acceptors (Lipinski definition) is 6. The highest BCUT2D eigenvalue weighted by Gasteiger charge is 2.32. The highest BCUT2D eigenvalue weighted by molar-refractivity contribution is 5.88. The van der Waals surface area contributed by atoms with Gasteiger partial charge in [0.15, 0.2) is 5.82 Å². The van der Waals surface area contributed by atoms with Crippen molar-refractivity contribution in [2.45, 2.75) is 31.2 Å². The summed E-state index contributed by atoms with van der Waals surface area (Å²) < 4.78 is 53.5. The third-order valence-corrected chi connectivity index (χ3v) is 4.72. The van der Waals surface area contributed by atoms with E-state index >= 15 is 0 Å². The van der Waals surface area contributed by atoms with Crippen LogP contribution in [-0.2, 0) is 6.54 Å². The number of halogens is 4. The molecule has 29 heavy (non-hydrogen) atoms. The summed E-state index contributed by atoms with van der Waals surface area (Å²) in [6, 6.07) is 1.62. The van der Waals surface area contributed by atoms with E-state index < -0.39 is 18.4 Å². The molecule has 154 valence electrons. The first-order chi connectivity index (χ1) is 13.8. The maximum Gasteiger partial charge on any atom is 0.408 e. The van der Waals surface area contributed by atoms with E-state index in [4.69, 9.17) is 0 Å². The minimum atomic E-state index is -4.37. The van der Waals surface area contributed by atoms with Gasteiger partial charge in [-0.05, 0) is 25.5 Å². The maximum atomic E-state index is 14.9. The van der Waals surface area contributed by atoms with Gasteiger partial charge in [-0.15, -0.1) is 0 Å². The Morgan fingerprint density at radius 1 is 1.24 bits per heavy atom. The van der Waals surface area contributed by atoms with Gasteiger partial charge in [0.05, 0.1) is 24.0 Å². The van der Waals surface area contributed by atoms with Gasteiger partial charge in [0, 0.05) is 30.7 Å². The maximum absolute atomic E-state index is 14.9. The summed E-state index contributed by atoms with van der Waals surface area (Å²) >= 11 is 0. The lowest BCUT2D eigenvalue weighted by atomic mass is 9.96. The molecule has 4 heterocycles. The monoisotopic (exact) mass is 409 g/mol. The number of fused-ring (bicyclic) bond motifs is 1. The first kappa shape index (κ1) is 19.5. The zero-order valence-electron chi connectivity index (χ0n) is 15.4. The molecule has 1 fully saturated rings. The second-order valence-electron chi connectivity index (χ2n) is 7.11. The lowest BCUT2D eigenvalue weighted by Gasteiger charge is -2.30. The Kier molecular flexibility index (Phi) is 5.07. The van der Waals surface area contributed by atoms with Crippen molar-refractivity contribution in [1.82, 2.24) is 30.0 Å². The third kappa shape index (κ3) is 4.61. The summed E-state index contributed by atoms with van der Waals surface area (Å²) in [5, 5.41) is 9.81. The third-order valence-electron chi connectivity index (χ3n) is 4.72. The zero-order chi connectivity index (χ0) is 20.5. The van der Waals surface area contributed by atoms with Crippen molar-refractivity contribution in [3.63, 3.8) is 0 Å². The zero-order valence-corrected chi connectivity index (χ0v) is 15.4. The fraction of sp³-hybridized carbons (Fsp3) is 0.444. The number of alkyl halides is 4. The van der Waals surface area contributed by atoms with Crippen molar-refractivity contribution in [2.24, 2.45) is 0 Å². The fourth-order valence-corrected chi connectivity index (χ4v) is 3.33. The summed E-state index contributed by atoms with van der Waals surface area (Å²) in [6.45, 7) is -0.123. The minimum absolute atomic E-state index is 0.0372. The molecule has 2 N–H and O–H groups in total. The number of rotatable bonds is 5. The fourth-order valence-electron chi connectivity index (χ4n) is 3.33. The number of aromatic nitrogens is 5. The average molecular weight is 409 g/mol. The van der Waals surface area contributed by atoms with Crippen LogP contribution in [0.2, 0.25) is 0 Å². The van der Waals surface area contributed by atoms with Gasteiger partial charge in [-0.2, -0.15) is 18.3 Å². The molecule has 3 aromatic rings. The van der Waals surface area contributed by atoms with E-state index in [1.807, 2.05) is 0 Å². The quantitative estimate of drug-likeness (QED) is 0.631. The van der Waals surface area contributed by atoms with Gasteiger partial charge in [0.2, 0.25) is 0 Å². The molecule has 0 amide bonds. The van der Waals surface area contributed by atoms with Gasteiger partial charge >= 0.3 is 6.18 Å². The van der Waals surface area contributed by atoms with Gasteiger partial charge in [0.25, 0.3) is 0 Å². The number of piperidine rings is 1. The van der Waals surface area contributed by atoms with Crippen molar-refractivity contribution in [3.8, 4) is 11.3 Å². The van der Waals surface area contributed by atoms with Crippen LogP contribution in [0.5, 0.6) is 0 Å². The number of hydrogen-bond donors (Lipinski definition) is 2. The van der Waals surface area contributed by atoms with Gasteiger partial charge in [0.1, 0.15) is 17.7 Å². The van der Waals surface area contributed by atoms with Crippen LogP contribution in [0, 0.1) is 0 Å². The lowest BCUT2D eigenvalue weighted by molar-refractivity contribution is -0.142. The molecule has 3 aromatic heterocycles. The van der Waals surface area contributed by atoms with Crippen molar-refractivity contribution in [2.75, 3.05) is 25.0 Å². The van der Waals surface area contributed by atoms with Crippen molar-refractivity contribution in [1.29, 1.82) is 0 Å². The molecular weight excluding hydrogens is 390 g/mol. The van der Waals surface area contributed by atoms with E-state index in [1.165, 1.54) is 24.8 Å². The molecule has 0 saturated carbocycles. The van der Waals surface area contributed by atoms with E-state index in [0.29, 0.717) is 34.5 Å². The minimum Gasteiger partial charge on any atom is -0.365 e.